The lowest BCUT2D eigenvalue weighted by molar-refractivity contribution is 0.252. The zero-order chi connectivity index (χ0) is 12.5. The summed E-state index contributed by atoms with van der Waals surface area (Å²) in [6.07, 6.45) is 6.61. The third kappa shape index (κ3) is 7.02. The van der Waals surface area contributed by atoms with Gasteiger partial charge in [0.05, 0.1) is 0 Å². The highest BCUT2D eigenvalue weighted by Crippen LogP contribution is 2.07. The predicted octanol–water partition coefficient (Wildman–Crippen LogP) is 1.79. The van der Waals surface area contributed by atoms with Crippen molar-refractivity contribution in [3.63, 3.8) is 0 Å². The summed E-state index contributed by atoms with van der Waals surface area (Å²) in [5.74, 6) is 0. The second-order valence-corrected chi connectivity index (χ2v) is 5.60. The number of nitrogens with one attached hydrogen (secondary N) is 1. The molecular formula is C14H31N3. The van der Waals surface area contributed by atoms with Crippen molar-refractivity contribution in [3.8, 4) is 0 Å². The largest absolute Gasteiger partial charge is 0.313 e. The molecule has 0 aliphatic carbocycles. The van der Waals surface area contributed by atoms with Gasteiger partial charge in [-0.3, -0.25) is 0 Å². The van der Waals surface area contributed by atoms with E-state index in [0.29, 0.717) is 0 Å². The van der Waals surface area contributed by atoms with Crippen molar-refractivity contribution < 1.29 is 0 Å². The van der Waals surface area contributed by atoms with Gasteiger partial charge in [-0.2, -0.15) is 0 Å². The van der Waals surface area contributed by atoms with Crippen molar-refractivity contribution in [3.05, 3.63) is 0 Å². The minimum absolute atomic E-state index is 0.733. The molecule has 1 atom stereocenters. The van der Waals surface area contributed by atoms with Crippen LogP contribution in [0, 0.1) is 0 Å². The Morgan fingerprint density at radius 2 is 2.12 bits per heavy atom. The molecule has 1 saturated heterocycles. The summed E-state index contributed by atoms with van der Waals surface area (Å²) < 4.78 is 0. The molecule has 0 radical (unpaired) electrons. The van der Waals surface area contributed by atoms with Gasteiger partial charge in [-0.05, 0) is 66.0 Å². The predicted molar refractivity (Wildman–Crippen MR) is 75.5 cm³/mol. The third-order valence-corrected chi connectivity index (χ3v) is 3.53. The molecule has 0 saturated carbocycles. The maximum Gasteiger partial charge on any atom is 0.0194 e. The molecule has 1 aliphatic heterocycles. The van der Waals surface area contributed by atoms with E-state index in [1.807, 2.05) is 0 Å². The highest BCUT2D eigenvalue weighted by atomic mass is 15.2. The molecule has 3 nitrogen and oxygen atoms in total. The van der Waals surface area contributed by atoms with Gasteiger partial charge < -0.3 is 15.1 Å². The minimum atomic E-state index is 0.733. The van der Waals surface area contributed by atoms with Crippen LogP contribution in [0.15, 0.2) is 0 Å². The summed E-state index contributed by atoms with van der Waals surface area (Å²) in [5, 5.41) is 3.67. The van der Waals surface area contributed by atoms with Crippen LogP contribution in [0.1, 0.15) is 39.0 Å². The number of rotatable bonds is 7. The Labute approximate surface area is 108 Å². The summed E-state index contributed by atoms with van der Waals surface area (Å²) in [6, 6.07) is 0.733. The third-order valence-electron chi connectivity index (χ3n) is 3.53. The molecule has 1 rings (SSSR count). The molecule has 0 aromatic carbocycles. The van der Waals surface area contributed by atoms with Crippen LogP contribution in [0.25, 0.3) is 0 Å². The first-order valence-corrected chi connectivity index (χ1v) is 7.33. The number of unbranched alkanes of at least 4 members (excludes halogenated alkanes) is 1. The summed E-state index contributed by atoms with van der Waals surface area (Å²) in [4.78, 5) is 4.94. The van der Waals surface area contributed by atoms with Crippen molar-refractivity contribution in [1.82, 2.24) is 15.1 Å². The number of hydrogen-bond acceptors (Lipinski definition) is 3. The van der Waals surface area contributed by atoms with Crippen LogP contribution >= 0.6 is 0 Å². The lowest BCUT2D eigenvalue weighted by Gasteiger charge is -2.24. The van der Waals surface area contributed by atoms with Crippen LogP contribution in [0.3, 0.4) is 0 Å². The first kappa shape index (κ1) is 14.9. The zero-order valence-corrected chi connectivity index (χ0v) is 12.0. The molecule has 17 heavy (non-hydrogen) atoms. The van der Waals surface area contributed by atoms with Gasteiger partial charge in [-0.25, -0.2) is 0 Å². The van der Waals surface area contributed by atoms with Crippen LogP contribution in [0.2, 0.25) is 0 Å². The van der Waals surface area contributed by atoms with E-state index >= 15 is 0 Å². The quantitative estimate of drug-likeness (QED) is 0.686. The molecule has 0 bridgehead atoms. The van der Waals surface area contributed by atoms with E-state index < -0.39 is 0 Å². The molecule has 1 N–H and O–H groups in total. The van der Waals surface area contributed by atoms with Crippen LogP contribution in [0.5, 0.6) is 0 Å². The fourth-order valence-corrected chi connectivity index (χ4v) is 2.58. The average molecular weight is 241 g/mol. The van der Waals surface area contributed by atoms with Gasteiger partial charge >= 0.3 is 0 Å². The van der Waals surface area contributed by atoms with Crippen molar-refractivity contribution in [2.24, 2.45) is 0 Å². The number of nitrogens with zero attached hydrogens (tertiary/aromatic N) is 2. The topological polar surface area (TPSA) is 18.5 Å². The molecule has 1 unspecified atom stereocenters. The second-order valence-electron chi connectivity index (χ2n) is 5.60. The molecule has 1 heterocycles. The van der Waals surface area contributed by atoms with E-state index in [1.54, 1.807) is 0 Å². The van der Waals surface area contributed by atoms with Gasteiger partial charge in [-0.15, -0.1) is 0 Å². The van der Waals surface area contributed by atoms with E-state index in [4.69, 9.17) is 0 Å². The zero-order valence-electron chi connectivity index (χ0n) is 12.0. The van der Waals surface area contributed by atoms with Crippen LogP contribution in [-0.4, -0.2) is 62.7 Å². The van der Waals surface area contributed by atoms with E-state index in [0.717, 1.165) is 6.04 Å². The Morgan fingerprint density at radius 1 is 1.29 bits per heavy atom. The van der Waals surface area contributed by atoms with Gasteiger partial charge in [-0.1, -0.05) is 13.3 Å². The highest BCUT2D eigenvalue weighted by Gasteiger charge is 2.16. The molecule has 1 aliphatic rings. The smallest absolute Gasteiger partial charge is 0.0194 e. The number of hydrogen-bond donors (Lipinski definition) is 1. The first-order valence-electron chi connectivity index (χ1n) is 7.33. The van der Waals surface area contributed by atoms with Crippen LogP contribution in [0.4, 0.5) is 0 Å². The Hall–Kier alpha value is -0.120. The maximum absolute atomic E-state index is 3.67. The lowest BCUT2D eigenvalue weighted by Crippen LogP contribution is -2.38. The van der Waals surface area contributed by atoms with Gasteiger partial charge in [0.25, 0.3) is 0 Å². The molecular weight excluding hydrogens is 210 g/mol. The normalized spacial score (nSPS) is 22.9. The SMILES string of the molecule is CCCC1CN(CCCCN(C)C)CCCN1. The van der Waals surface area contributed by atoms with Crippen molar-refractivity contribution in [2.45, 2.75) is 45.1 Å². The molecule has 1 fully saturated rings. The van der Waals surface area contributed by atoms with Crippen LogP contribution in [-0.2, 0) is 0 Å². The monoisotopic (exact) mass is 241 g/mol. The summed E-state index contributed by atoms with van der Waals surface area (Å²) in [5.41, 5.74) is 0. The summed E-state index contributed by atoms with van der Waals surface area (Å²) >= 11 is 0. The van der Waals surface area contributed by atoms with Crippen LogP contribution < -0.4 is 5.32 Å². The maximum atomic E-state index is 3.67. The fourth-order valence-electron chi connectivity index (χ4n) is 2.58. The van der Waals surface area contributed by atoms with Crippen molar-refractivity contribution in [1.29, 1.82) is 0 Å². The van der Waals surface area contributed by atoms with Gasteiger partial charge in [0, 0.05) is 12.6 Å². The second kappa shape index (κ2) is 8.90. The van der Waals surface area contributed by atoms with Gasteiger partial charge in [0.1, 0.15) is 0 Å². The molecule has 3 heteroatoms. The summed E-state index contributed by atoms with van der Waals surface area (Å²) in [7, 11) is 4.32. The van der Waals surface area contributed by atoms with Gasteiger partial charge in [0.2, 0.25) is 0 Å². The Morgan fingerprint density at radius 3 is 2.82 bits per heavy atom. The molecule has 0 aromatic rings. The molecule has 0 amide bonds. The first-order chi connectivity index (χ1) is 8.22. The molecule has 102 valence electrons. The van der Waals surface area contributed by atoms with Crippen molar-refractivity contribution >= 4 is 0 Å². The van der Waals surface area contributed by atoms with E-state index in [2.05, 4.69) is 36.1 Å². The summed E-state index contributed by atoms with van der Waals surface area (Å²) in [6.45, 7) is 8.55. The highest BCUT2D eigenvalue weighted by molar-refractivity contribution is 4.76. The average Bonchev–Trinajstić information content (AvgIpc) is 2.50. The minimum Gasteiger partial charge on any atom is -0.313 e. The standard InChI is InChI=1S/C14H31N3/c1-4-8-14-13-17(12-7-9-15-14)11-6-5-10-16(2)3/h14-15H,4-13H2,1-3H3. The van der Waals surface area contributed by atoms with E-state index in [-0.39, 0.29) is 0 Å². The lowest BCUT2D eigenvalue weighted by atomic mass is 10.1. The van der Waals surface area contributed by atoms with Crippen molar-refractivity contribution in [2.75, 3.05) is 46.8 Å². The van der Waals surface area contributed by atoms with Gasteiger partial charge in [0.15, 0.2) is 0 Å². The molecule has 0 spiro atoms. The fraction of sp³-hybridized carbons (Fsp3) is 1.00. The Bertz CT molecular complexity index is 182. The Balaban J connectivity index is 2.17. The van der Waals surface area contributed by atoms with E-state index in [9.17, 15) is 0 Å². The van der Waals surface area contributed by atoms with E-state index in [1.165, 1.54) is 64.8 Å². The Kier molecular flexibility index (Phi) is 7.82. The molecule has 0 aromatic heterocycles.